The number of oxazole rings is 1. The van der Waals surface area contributed by atoms with E-state index >= 15 is 0 Å². The zero-order chi connectivity index (χ0) is 10.3. The van der Waals surface area contributed by atoms with E-state index in [1.807, 2.05) is 26.0 Å². The minimum absolute atomic E-state index is 0.166. The van der Waals surface area contributed by atoms with Crippen molar-refractivity contribution in [3.05, 3.63) is 28.1 Å². The van der Waals surface area contributed by atoms with Gasteiger partial charge in [-0.05, 0) is 31.5 Å². The smallest absolute Gasteiger partial charge is 0.212 e. The van der Waals surface area contributed by atoms with Crippen LogP contribution >= 0.6 is 15.9 Å². The van der Waals surface area contributed by atoms with Crippen LogP contribution in [-0.4, -0.2) is 4.98 Å². The summed E-state index contributed by atoms with van der Waals surface area (Å²) in [6, 6.07) is 3.76. The summed E-state index contributed by atoms with van der Waals surface area (Å²) in [4.78, 5) is 4.31. The molecular formula is C10H11BrN2O. The molecule has 0 radical (unpaired) electrons. The van der Waals surface area contributed by atoms with Gasteiger partial charge in [-0.2, -0.15) is 0 Å². The van der Waals surface area contributed by atoms with E-state index < -0.39 is 0 Å². The van der Waals surface area contributed by atoms with E-state index in [2.05, 4.69) is 20.9 Å². The SMILES string of the molecule is Cc1cc(Br)cc2nc(C(C)N)oc12. The molecule has 0 saturated heterocycles. The van der Waals surface area contributed by atoms with E-state index in [-0.39, 0.29) is 6.04 Å². The standard InChI is InChI=1S/C10H11BrN2O/c1-5-3-7(11)4-8-9(5)14-10(13-8)6(2)12/h3-4,6H,12H2,1-2H3. The van der Waals surface area contributed by atoms with Crippen molar-refractivity contribution in [2.24, 2.45) is 5.73 Å². The number of aromatic nitrogens is 1. The zero-order valence-corrected chi connectivity index (χ0v) is 9.63. The van der Waals surface area contributed by atoms with Gasteiger partial charge in [-0.3, -0.25) is 0 Å². The van der Waals surface area contributed by atoms with Crippen molar-refractivity contribution in [3.63, 3.8) is 0 Å². The van der Waals surface area contributed by atoms with Crippen LogP contribution in [0.5, 0.6) is 0 Å². The van der Waals surface area contributed by atoms with Gasteiger partial charge in [0.1, 0.15) is 5.52 Å². The van der Waals surface area contributed by atoms with Gasteiger partial charge in [-0.25, -0.2) is 4.98 Å². The molecule has 74 valence electrons. The van der Waals surface area contributed by atoms with Crippen LogP contribution in [0, 0.1) is 6.92 Å². The molecule has 3 nitrogen and oxygen atoms in total. The van der Waals surface area contributed by atoms with E-state index in [1.54, 1.807) is 0 Å². The lowest BCUT2D eigenvalue weighted by Gasteiger charge is -1.95. The third-order valence-corrected chi connectivity index (χ3v) is 2.50. The quantitative estimate of drug-likeness (QED) is 0.852. The molecule has 0 amide bonds. The molecule has 0 aliphatic heterocycles. The van der Waals surface area contributed by atoms with Gasteiger partial charge in [0.2, 0.25) is 5.89 Å². The van der Waals surface area contributed by atoms with Crippen molar-refractivity contribution in [3.8, 4) is 0 Å². The number of hydrogen-bond donors (Lipinski definition) is 1. The van der Waals surface area contributed by atoms with E-state index in [4.69, 9.17) is 10.2 Å². The monoisotopic (exact) mass is 254 g/mol. The number of nitrogens with zero attached hydrogens (tertiary/aromatic N) is 1. The molecule has 2 N–H and O–H groups in total. The summed E-state index contributed by atoms with van der Waals surface area (Å²) in [5, 5.41) is 0. The van der Waals surface area contributed by atoms with Crippen molar-refractivity contribution in [1.82, 2.24) is 4.98 Å². The zero-order valence-electron chi connectivity index (χ0n) is 8.04. The van der Waals surface area contributed by atoms with Crippen molar-refractivity contribution in [2.45, 2.75) is 19.9 Å². The van der Waals surface area contributed by atoms with Crippen molar-refractivity contribution >= 4 is 27.0 Å². The average molecular weight is 255 g/mol. The number of rotatable bonds is 1. The molecule has 1 atom stereocenters. The van der Waals surface area contributed by atoms with Crippen LogP contribution in [0.15, 0.2) is 21.0 Å². The van der Waals surface area contributed by atoms with Crippen molar-refractivity contribution in [1.29, 1.82) is 0 Å². The first-order valence-corrected chi connectivity index (χ1v) is 5.19. The lowest BCUT2D eigenvalue weighted by molar-refractivity contribution is 0.491. The highest BCUT2D eigenvalue weighted by Gasteiger charge is 2.11. The normalized spacial score (nSPS) is 13.4. The number of nitrogens with two attached hydrogens (primary N) is 1. The molecule has 0 bridgehead atoms. The largest absolute Gasteiger partial charge is 0.439 e. The molecular weight excluding hydrogens is 244 g/mol. The minimum atomic E-state index is -0.166. The molecule has 4 heteroatoms. The second-order valence-electron chi connectivity index (χ2n) is 3.41. The highest BCUT2D eigenvalue weighted by atomic mass is 79.9. The van der Waals surface area contributed by atoms with Crippen LogP contribution in [0.2, 0.25) is 0 Å². The van der Waals surface area contributed by atoms with Crippen LogP contribution in [0.25, 0.3) is 11.1 Å². The molecule has 2 aromatic rings. The van der Waals surface area contributed by atoms with Gasteiger partial charge in [0.25, 0.3) is 0 Å². The number of halogens is 1. The first-order chi connectivity index (χ1) is 6.58. The summed E-state index contributed by atoms with van der Waals surface area (Å²) < 4.78 is 6.56. The molecule has 1 aromatic carbocycles. The van der Waals surface area contributed by atoms with Crippen LogP contribution < -0.4 is 5.73 Å². The third kappa shape index (κ3) is 1.55. The fraction of sp³-hybridized carbons (Fsp3) is 0.300. The van der Waals surface area contributed by atoms with Crippen LogP contribution in [0.4, 0.5) is 0 Å². The fourth-order valence-electron chi connectivity index (χ4n) is 1.37. The Hall–Kier alpha value is -0.870. The van der Waals surface area contributed by atoms with E-state index in [0.29, 0.717) is 5.89 Å². The van der Waals surface area contributed by atoms with Crippen molar-refractivity contribution < 1.29 is 4.42 Å². The number of fused-ring (bicyclic) bond motifs is 1. The highest BCUT2D eigenvalue weighted by molar-refractivity contribution is 9.10. The van der Waals surface area contributed by atoms with E-state index in [1.165, 1.54) is 0 Å². The van der Waals surface area contributed by atoms with Crippen LogP contribution in [-0.2, 0) is 0 Å². The van der Waals surface area contributed by atoms with E-state index in [9.17, 15) is 0 Å². The second-order valence-corrected chi connectivity index (χ2v) is 4.33. The molecule has 14 heavy (non-hydrogen) atoms. The summed E-state index contributed by atoms with van der Waals surface area (Å²) in [6.45, 7) is 3.85. The summed E-state index contributed by atoms with van der Waals surface area (Å²) in [7, 11) is 0. The first-order valence-electron chi connectivity index (χ1n) is 4.40. The third-order valence-electron chi connectivity index (χ3n) is 2.05. The van der Waals surface area contributed by atoms with Crippen molar-refractivity contribution in [2.75, 3.05) is 0 Å². The number of aryl methyl sites for hydroxylation is 1. The van der Waals surface area contributed by atoms with Gasteiger partial charge >= 0.3 is 0 Å². The van der Waals surface area contributed by atoms with Gasteiger partial charge in [-0.1, -0.05) is 15.9 Å². The van der Waals surface area contributed by atoms with Crippen LogP contribution in [0.1, 0.15) is 24.4 Å². The molecule has 1 unspecified atom stereocenters. The summed E-state index contributed by atoms with van der Waals surface area (Å²) in [6.07, 6.45) is 0. The van der Waals surface area contributed by atoms with E-state index in [0.717, 1.165) is 21.1 Å². The Bertz CT molecular complexity index is 476. The predicted molar refractivity (Wildman–Crippen MR) is 59.0 cm³/mol. The Morgan fingerprint density at radius 3 is 2.86 bits per heavy atom. The Balaban J connectivity index is 2.70. The molecule has 0 aliphatic carbocycles. The van der Waals surface area contributed by atoms with Gasteiger partial charge in [0.15, 0.2) is 5.58 Å². The lowest BCUT2D eigenvalue weighted by Crippen LogP contribution is -2.04. The molecule has 1 aromatic heterocycles. The molecule has 0 spiro atoms. The van der Waals surface area contributed by atoms with Gasteiger partial charge in [0.05, 0.1) is 6.04 Å². The average Bonchev–Trinajstić information content (AvgIpc) is 2.47. The maximum Gasteiger partial charge on any atom is 0.212 e. The summed E-state index contributed by atoms with van der Waals surface area (Å²) in [5.74, 6) is 0.584. The topological polar surface area (TPSA) is 52.0 Å². The highest BCUT2D eigenvalue weighted by Crippen LogP contribution is 2.25. The predicted octanol–water partition coefficient (Wildman–Crippen LogP) is 2.92. The first kappa shape index (κ1) is 9.68. The Kier molecular flexibility index (Phi) is 2.33. The maximum atomic E-state index is 5.70. The summed E-state index contributed by atoms with van der Waals surface area (Å²) in [5.41, 5.74) is 8.43. The second kappa shape index (κ2) is 3.37. The Morgan fingerprint density at radius 2 is 2.21 bits per heavy atom. The van der Waals surface area contributed by atoms with Crippen LogP contribution in [0.3, 0.4) is 0 Å². The van der Waals surface area contributed by atoms with Gasteiger partial charge < -0.3 is 10.2 Å². The van der Waals surface area contributed by atoms with Gasteiger partial charge in [0, 0.05) is 4.47 Å². The van der Waals surface area contributed by atoms with Gasteiger partial charge in [-0.15, -0.1) is 0 Å². The molecule has 0 saturated carbocycles. The fourth-order valence-corrected chi connectivity index (χ4v) is 1.93. The summed E-state index contributed by atoms with van der Waals surface area (Å²) >= 11 is 3.42. The number of hydrogen-bond acceptors (Lipinski definition) is 3. The molecule has 0 aliphatic rings. The number of benzene rings is 1. The molecule has 1 heterocycles. The minimum Gasteiger partial charge on any atom is -0.439 e. The molecule has 0 fully saturated rings. The Morgan fingerprint density at radius 1 is 1.50 bits per heavy atom. The maximum absolute atomic E-state index is 5.70. The lowest BCUT2D eigenvalue weighted by atomic mass is 10.2. The molecule has 2 rings (SSSR count). The Labute approximate surface area is 90.4 Å².